The van der Waals surface area contributed by atoms with Gasteiger partial charge in [-0.15, -0.1) is 0 Å². The number of hydrogen-bond acceptors (Lipinski definition) is 5. The highest BCUT2D eigenvalue weighted by molar-refractivity contribution is 9.10. The molecule has 0 saturated heterocycles. The fourth-order valence-corrected chi connectivity index (χ4v) is 2.00. The van der Waals surface area contributed by atoms with Crippen molar-refractivity contribution in [2.24, 2.45) is 5.84 Å². The molecule has 1 aromatic heterocycles. The maximum Gasteiger partial charge on any atom is 0.239 e. The predicted molar refractivity (Wildman–Crippen MR) is 79.7 cm³/mol. The Labute approximate surface area is 121 Å². The summed E-state index contributed by atoms with van der Waals surface area (Å²) in [5.41, 5.74) is 4.51. The van der Waals surface area contributed by atoms with E-state index in [9.17, 15) is 0 Å². The smallest absolute Gasteiger partial charge is 0.239 e. The number of hydrazine groups is 1. The molecule has 0 saturated carbocycles. The van der Waals surface area contributed by atoms with Gasteiger partial charge in [-0.05, 0) is 40.5 Å². The highest BCUT2D eigenvalue weighted by Gasteiger charge is 2.05. The number of hydrogen-bond donors (Lipinski definition) is 3. The van der Waals surface area contributed by atoms with E-state index in [1.807, 2.05) is 25.1 Å². The Kier molecular flexibility index (Phi) is 4.15. The quantitative estimate of drug-likeness (QED) is 0.569. The third kappa shape index (κ3) is 2.98. The summed E-state index contributed by atoms with van der Waals surface area (Å²) < 4.78 is 1.80. The summed E-state index contributed by atoms with van der Waals surface area (Å²) in [6, 6.07) is 5.98. The number of aromatic nitrogens is 2. The Morgan fingerprint density at radius 1 is 1.22 bits per heavy atom. The van der Waals surface area contributed by atoms with E-state index >= 15 is 0 Å². The molecule has 0 aliphatic heterocycles. The fourth-order valence-electron chi connectivity index (χ4n) is 1.33. The zero-order chi connectivity index (χ0) is 13.1. The molecule has 4 N–H and O–H groups in total. The number of benzene rings is 1. The van der Waals surface area contributed by atoms with Crippen LogP contribution in [0.4, 0.5) is 17.5 Å². The normalized spacial score (nSPS) is 10.2. The van der Waals surface area contributed by atoms with E-state index in [-0.39, 0.29) is 0 Å². The van der Waals surface area contributed by atoms with E-state index in [2.05, 4.69) is 52.6 Å². The van der Waals surface area contributed by atoms with Crippen molar-refractivity contribution in [3.63, 3.8) is 0 Å². The van der Waals surface area contributed by atoms with E-state index < -0.39 is 0 Å². The molecule has 0 bridgehead atoms. The second-order valence-corrected chi connectivity index (χ2v) is 5.33. The standard InChI is InChI=1S/C11H11Br2N5/c1-6-2-3-7(4-8(6)12)16-10-9(13)5-15-11(17-10)18-14/h2-5H,14H2,1H3,(H2,15,16,17,18). The van der Waals surface area contributed by atoms with E-state index in [0.717, 1.165) is 14.6 Å². The van der Waals surface area contributed by atoms with E-state index in [1.165, 1.54) is 5.56 Å². The molecule has 1 heterocycles. The van der Waals surface area contributed by atoms with Crippen LogP contribution in [0.2, 0.25) is 0 Å². The average Bonchev–Trinajstić information content (AvgIpc) is 2.36. The van der Waals surface area contributed by atoms with Gasteiger partial charge in [0.1, 0.15) is 5.82 Å². The minimum atomic E-state index is 0.354. The summed E-state index contributed by atoms with van der Waals surface area (Å²) in [4.78, 5) is 8.20. The van der Waals surface area contributed by atoms with Gasteiger partial charge in [-0.25, -0.2) is 10.8 Å². The summed E-state index contributed by atoms with van der Waals surface area (Å²) in [5, 5.41) is 3.19. The van der Waals surface area contributed by atoms with Gasteiger partial charge in [0.25, 0.3) is 0 Å². The first kappa shape index (κ1) is 13.3. The fraction of sp³-hybridized carbons (Fsp3) is 0.0909. The summed E-state index contributed by atoms with van der Waals surface area (Å²) in [6.07, 6.45) is 1.63. The molecule has 0 radical (unpaired) electrons. The Balaban J connectivity index is 2.30. The van der Waals surface area contributed by atoms with Gasteiger partial charge in [0.2, 0.25) is 5.95 Å². The topological polar surface area (TPSA) is 75.9 Å². The molecule has 18 heavy (non-hydrogen) atoms. The molecule has 5 nitrogen and oxygen atoms in total. The molecule has 1 aromatic carbocycles. The number of nitrogen functional groups attached to an aromatic ring is 1. The summed E-state index contributed by atoms with van der Waals surface area (Å²) >= 11 is 6.87. The van der Waals surface area contributed by atoms with Crippen LogP contribution in [-0.2, 0) is 0 Å². The van der Waals surface area contributed by atoms with Gasteiger partial charge < -0.3 is 5.32 Å². The van der Waals surface area contributed by atoms with Crippen molar-refractivity contribution in [2.45, 2.75) is 6.92 Å². The minimum Gasteiger partial charge on any atom is -0.339 e. The van der Waals surface area contributed by atoms with Crippen molar-refractivity contribution < 1.29 is 0 Å². The Morgan fingerprint density at radius 3 is 2.67 bits per heavy atom. The highest BCUT2D eigenvalue weighted by Crippen LogP contribution is 2.26. The molecule has 7 heteroatoms. The van der Waals surface area contributed by atoms with Crippen molar-refractivity contribution in [1.82, 2.24) is 9.97 Å². The molecule has 0 aliphatic carbocycles. The second kappa shape index (κ2) is 5.64. The van der Waals surface area contributed by atoms with Crippen LogP contribution in [0.25, 0.3) is 0 Å². The van der Waals surface area contributed by atoms with Crippen LogP contribution in [-0.4, -0.2) is 9.97 Å². The SMILES string of the molecule is Cc1ccc(Nc2nc(NN)ncc2Br)cc1Br. The highest BCUT2D eigenvalue weighted by atomic mass is 79.9. The molecule has 2 aromatic rings. The van der Waals surface area contributed by atoms with Gasteiger partial charge in [-0.2, -0.15) is 4.98 Å². The van der Waals surface area contributed by atoms with Gasteiger partial charge in [0, 0.05) is 16.4 Å². The molecule has 0 atom stereocenters. The van der Waals surface area contributed by atoms with Crippen molar-refractivity contribution in [1.29, 1.82) is 0 Å². The number of halogens is 2. The first-order valence-corrected chi connectivity index (χ1v) is 6.71. The Hall–Kier alpha value is -1.18. The molecule has 0 fully saturated rings. The van der Waals surface area contributed by atoms with Crippen LogP contribution in [0, 0.1) is 6.92 Å². The van der Waals surface area contributed by atoms with Crippen LogP contribution in [0.1, 0.15) is 5.56 Å². The predicted octanol–water partition coefficient (Wildman–Crippen LogP) is 3.34. The van der Waals surface area contributed by atoms with Gasteiger partial charge in [0.05, 0.1) is 4.47 Å². The number of anilines is 3. The molecule has 0 spiro atoms. The van der Waals surface area contributed by atoms with Crippen molar-refractivity contribution in [3.05, 3.63) is 38.9 Å². The van der Waals surface area contributed by atoms with Gasteiger partial charge in [-0.1, -0.05) is 22.0 Å². The second-order valence-electron chi connectivity index (χ2n) is 3.62. The van der Waals surface area contributed by atoms with Crippen LogP contribution < -0.4 is 16.6 Å². The zero-order valence-electron chi connectivity index (χ0n) is 9.54. The third-order valence-electron chi connectivity index (χ3n) is 2.31. The summed E-state index contributed by atoms with van der Waals surface area (Å²) in [6.45, 7) is 2.03. The lowest BCUT2D eigenvalue weighted by molar-refractivity contribution is 1.11. The van der Waals surface area contributed by atoms with E-state index in [4.69, 9.17) is 5.84 Å². The Bertz CT molecular complexity index is 573. The van der Waals surface area contributed by atoms with Gasteiger partial charge >= 0.3 is 0 Å². The van der Waals surface area contributed by atoms with Gasteiger partial charge in [0.15, 0.2) is 0 Å². The molecule has 0 aliphatic rings. The number of nitrogens with one attached hydrogen (secondary N) is 2. The van der Waals surface area contributed by atoms with E-state index in [0.29, 0.717) is 11.8 Å². The number of nitrogens with two attached hydrogens (primary N) is 1. The van der Waals surface area contributed by atoms with Gasteiger partial charge in [-0.3, -0.25) is 5.43 Å². The molecule has 0 amide bonds. The molecular weight excluding hydrogens is 362 g/mol. The minimum absolute atomic E-state index is 0.354. The molecular formula is C11H11Br2N5. The van der Waals surface area contributed by atoms with Crippen molar-refractivity contribution in [2.75, 3.05) is 10.7 Å². The first-order valence-electron chi connectivity index (χ1n) is 5.12. The molecule has 0 unspecified atom stereocenters. The lowest BCUT2D eigenvalue weighted by Crippen LogP contribution is -2.11. The zero-order valence-corrected chi connectivity index (χ0v) is 12.7. The monoisotopic (exact) mass is 371 g/mol. The number of aryl methyl sites for hydroxylation is 1. The van der Waals surface area contributed by atoms with Crippen LogP contribution in [0.15, 0.2) is 33.3 Å². The average molecular weight is 373 g/mol. The first-order chi connectivity index (χ1) is 8.60. The third-order valence-corrected chi connectivity index (χ3v) is 3.74. The number of nitrogens with zero attached hydrogens (tertiary/aromatic N) is 2. The Morgan fingerprint density at radius 2 is 2.00 bits per heavy atom. The van der Waals surface area contributed by atoms with Crippen LogP contribution in [0.3, 0.4) is 0 Å². The van der Waals surface area contributed by atoms with Crippen molar-refractivity contribution >= 4 is 49.3 Å². The van der Waals surface area contributed by atoms with Crippen LogP contribution >= 0.6 is 31.9 Å². The summed E-state index contributed by atoms with van der Waals surface area (Å²) in [7, 11) is 0. The molecule has 2 rings (SSSR count). The largest absolute Gasteiger partial charge is 0.339 e. The molecule has 94 valence electrons. The van der Waals surface area contributed by atoms with E-state index in [1.54, 1.807) is 6.20 Å². The maximum absolute atomic E-state index is 5.28. The summed E-state index contributed by atoms with van der Waals surface area (Å²) in [5.74, 6) is 6.28. The number of rotatable bonds is 3. The maximum atomic E-state index is 5.28. The lowest BCUT2D eigenvalue weighted by atomic mass is 10.2. The lowest BCUT2D eigenvalue weighted by Gasteiger charge is -2.09. The van der Waals surface area contributed by atoms with Crippen LogP contribution in [0.5, 0.6) is 0 Å². The van der Waals surface area contributed by atoms with Crippen molar-refractivity contribution in [3.8, 4) is 0 Å².